The summed E-state index contributed by atoms with van der Waals surface area (Å²) in [5.74, 6) is 0. The van der Waals surface area contributed by atoms with Gasteiger partial charge < -0.3 is 10.2 Å². The van der Waals surface area contributed by atoms with Crippen LogP contribution in [0.4, 0.5) is 0 Å². The number of hydrogen-bond acceptors (Lipinski definition) is 4. The number of fused-ring (bicyclic) bond motifs is 1. The monoisotopic (exact) mass is 176 g/mol. The van der Waals surface area contributed by atoms with Crippen molar-refractivity contribution in [2.45, 2.75) is 5.50 Å². The van der Waals surface area contributed by atoms with E-state index in [0.717, 1.165) is 4.32 Å². The van der Waals surface area contributed by atoms with E-state index in [0.29, 0.717) is 5.50 Å². The Morgan fingerprint density at radius 2 is 2.67 bits per heavy atom. The summed E-state index contributed by atoms with van der Waals surface area (Å²) >= 11 is 5.03. The second-order valence-electron chi connectivity index (χ2n) is 1.69. The Balaban J connectivity index is 2.24. The van der Waals surface area contributed by atoms with Crippen molar-refractivity contribution in [1.29, 1.82) is 0 Å². The molecule has 0 bridgehead atoms. The molecule has 0 spiro atoms. The molecule has 1 atom stereocenters. The Labute approximate surface area is 66.4 Å². The van der Waals surface area contributed by atoms with Gasteiger partial charge >= 0.3 is 0 Å². The molecule has 1 saturated heterocycles. The van der Waals surface area contributed by atoms with Crippen LogP contribution >= 0.6 is 33.8 Å². The van der Waals surface area contributed by atoms with Gasteiger partial charge in [0.15, 0.2) is 9.82 Å². The lowest BCUT2D eigenvalue weighted by atomic mass is 10.8. The van der Waals surface area contributed by atoms with E-state index in [2.05, 4.69) is 5.32 Å². The van der Waals surface area contributed by atoms with Crippen molar-refractivity contribution in [3.8, 4) is 0 Å². The molecule has 5 heteroatoms. The molecule has 9 heavy (non-hydrogen) atoms. The van der Waals surface area contributed by atoms with E-state index in [1.165, 1.54) is 0 Å². The minimum Gasteiger partial charge on any atom is -0.361 e. The van der Waals surface area contributed by atoms with Gasteiger partial charge in [-0.3, -0.25) is 0 Å². The molecule has 0 aromatic rings. The third-order valence-electron chi connectivity index (χ3n) is 1.15. The van der Waals surface area contributed by atoms with Gasteiger partial charge in [0.05, 0.1) is 0 Å². The molecule has 1 N–H and O–H groups in total. The van der Waals surface area contributed by atoms with Gasteiger partial charge in [0.25, 0.3) is 0 Å². The number of thiocarbonyl (C=S) groups is 1. The maximum absolute atomic E-state index is 5.03. The summed E-state index contributed by atoms with van der Waals surface area (Å²) in [6.07, 6.45) is 3.89. The lowest BCUT2D eigenvalue weighted by molar-refractivity contribution is 0.550. The highest BCUT2D eigenvalue weighted by Crippen LogP contribution is 2.40. The van der Waals surface area contributed by atoms with E-state index >= 15 is 0 Å². The Hall–Kier alpha value is 0.130. The van der Waals surface area contributed by atoms with Gasteiger partial charge in [0.2, 0.25) is 0 Å². The van der Waals surface area contributed by atoms with Crippen molar-refractivity contribution >= 4 is 38.1 Å². The Morgan fingerprint density at radius 3 is 3.44 bits per heavy atom. The first-order valence-corrected chi connectivity index (χ1v) is 5.08. The fourth-order valence-corrected chi connectivity index (χ4v) is 3.43. The van der Waals surface area contributed by atoms with Crippen LogP contribution in [0.2, 0.25) is 0 Å². The molecule has 0 saturated carbocycles. The zero-order valence-electron chi connectivity index (χ0n) is 4.40. The van der Waals surface area contributed by atoms with E-state index in [9.17, 15) is 0 Å². The topological polar surface area (TPSA) is 15.3 Å². The normalized spacial score (nSPS) is 30.9. The minimum absolute atomic E-state index is 0.363. The van der Waals surface area contributed by atoms with E-state index < -0.39 is 0 Å². The first-order chi connectivity index (χ1) is 4.38. The van der Waals surface area contributed by atoms with Gasteiger partial charge in [-0.2, -0.15) is 0 Å². The van der Waals surface area contributed by atoms with Gasteiger partial charge in [-0.05, 0) is 21.6 Å². The SMILES string of the molecule is S=C1SSC2NC=CN12. The number of nitrogens with one attached hydrogen (secondary N) is 1. The highest BCUT2D eigenvalue weighted by Gasteiger charge is 2.30. The predicted octanol–water partition coefficient (Wildman–Crippen LogP) is 1.33. The Kier molecular flexibility index (Phi) is 1.35. The summed E-state index contributed by atoms with van der Waals surface area (Å²) in [6, 6.07) is 0. The van der Waals surface area contributed by atoms with Crippen LogP contribution in [0, 0.1) is 0 Å². The van der Waals surface area contributed by atoms with Crippen molar-refractivity contribution in [2.24, 2.45) is 0 Å². The van der Waals surface area contributed by atoms with Crippen LogP contribution in [0.3, 0.4) is 0 Å². The lowest BCUT2D eigenvalue weighted by Gasteiger charge is -2.11. The van der Waals surface area contributed by atoms with Crippen LogP contribution in [0.15, 0.2) is 12.4 Å². The highest BCUT2D eigenvalue weighted by atomic mass is 33.1. The first kappa shape index (κ1) is 5.88. The molecule has 48 valence electrons. The predicted molar refractivity (Wildman–Crippen MR) is 45.7 cm³/mol. The van der Waals surface area contributed by atoms with Crippen LogP contribution in [-0.2, 0) is 0 Å². The van der Waals surface area contributed by atoms with Crippen molar-refractivity contribution in [2.75, 3.05) is 0 Å². The standard InChI is InChI=1S/C4H4N2S3/c7-4-6-2-1-5-3(6)8-9-4/h1-3,5H. The lowest BCUT2D eigenvalue weighted by Crippen LogP contribution is -2.28. The first-order valence-electron chi connectivity index (χ1n) is 2.46. The zero-order valence-corrected chi connectivity index (χ0v) is 6.85. The largest absolute Gasteiger partial charge is 0.361 e. The second-order valence-corrected chi connectivity index (χ2v) is 4.60. The maximum Gasteiger partial charge on any atom is 0.163 e. The van der Waals surface area contributed by atoms with Crippen LogP contribution in [0.1, 0.15) is 0 Å². The van der Waals surface area contributed by atoms with Gasteiger partial charge in [-0.1, -0.05) is 12.2 Å². The van der Waals surface area contributed by atoms with Crippen molar-refractivity contribution in [3.05, 3.63) is 12.4 Å². The van der Waals surface area contributed by atoms with Crippen molar-refractivity contribution in [1.82, 2.24) is 10.2 Å². The summed E-state index contributed by atoms with van der Waals surface area (Å²) in [6.45, 7) is 0. The summed E-state index contributed by atoms with van der Waals surface area (Å²) < 4.78 is 0.950. The molecule has 0 aromatic heterocycles. The van der Waals surface area contributed by atoms with Crippen molar-refractivity contribution < 1.29 is 0 Å². The van der Waals surface area contributed by atoms with Crippen LogP contribution in [0.5, 0.6) is 0 Å². The molecule has 2 aliphatic heterocycles. The van der Waals surface area contributed by atoms with Crippen LogP contribution in [0.25, 0.3) is 0 Å². The molecular formula is C4H4N2S3. The van der Waals surface area contributed by atoms with E-state index in [-0.39, 0.29) is 0 Å². The van der Waals surface area contributed by atoms with Gasteiger partial charge in [0.1, 0.15) is 0 Å². The van der Waals surface area contributed by atoms with Crippen LogP contribution < -0.4 is 5.32 Å². The summed E-state index contributed by atoms with van der Waals surface area (Å²) in [5, 5.41) is 3.15. The summed E-state index contributed by atoms with van der Waals surface area (Å²) in [5.41, 5.74) is 0.363. The Morgan fingerprint density at radius 1 is 1.78 bits per heavy atom. The molecule has 0 amide bonds. The fraction of sp³-hybridized carbons (Fsp3) is 0.250. The van der Waals surface area contributed by atoms with Gasteiger partial charge in [-0.15, -0.1) is 0 Å². The number of nitrogens with zero attached hydrogens (tertiary/aromatic N) is 1. The quantitative estimate of drug-likeness (QED) is 0.441. The van der Waals surface area contributed by atoms with Gasteiger partial charge in [0, 0.05) is 12.4 Å². The van der Waals surface area contributed by atoms with E-state index in [1.54, 1.807) is 21.6 Å². The smallest absolute Gasteiger partial charge is 0.163 e. The maximum atomic E-state index is 5.03. The third kappa shape index (κ3) is 0.835. The molecule has 1 unspecified atom stereocenters. The minimum atomic E-state index is 0.363. The zero-order chi connectivity index (χ0) is 6.27. The average Bonchev–Trinajstić information content (AvgIpc) is 2.35. The van der Waals surface area contributed by atoms with E-state index in [4.69, 9.17) is 12.2 Å². The Bertz CT molecular complexity index is 179. The number of rotatable bonds is 0. The van der Waals surface area contributed by atoms with Gasteiger partial charge in [-0.25, -0.2) is 0 Å². The molecule has 2 aliphatic rings. The average molecular weight is 176 g/mol. The highest BCUT2D eigenvalue weighted by molar-refractivity contribution is 8.84. The molecule has 0 aliphatic carbocycles. The third-order valence-corrected chi connectivity index (χ3v) is 4.23. The molecule has 2 nitrogen and oxygen atoms in total. The molecule has 2 rings (SSSR count). The summed E-state index contributed by atoms with van der Waals surface area (Å²) in [4.78, 5) is 2.05. The molecule has 0 radical (unpaired) electrons. The number of hydrogen-bond donors (Lipinski definition) is 1. The molecule has 0 aromatic carbocycles. The summed E-state index contributed by atoms with van der Waals surface area (Å²) in [7, 11) is 3.40. The molecule has 2 heterocycles. The van der Waals surface area contributed by atoms with Crippen LogP contribution in [-0.4, -0.2) is 14.7 Å². The fourth-order valence-electron chi connectivity index (χ4n) is 0.725. The second kappa shape index (κ2) is 2.07. The van der Waals surface area contributed by atoms with Crippen molar-refractivity contribution in [3.63, 3.8) is 0 Å². The van der Waals surface area contributed by atoms with E-state index in [1.807, 2.05) is 17.3 Å². The molecule has 1 fully saturated rings. The molecular weight excluding hydrogens is 172 g/mol.